The highest BCUT2D eigenvalue weighted by molar-refractivity contribution is 5.15. The topological polar surface area (TPSA) is 0 Å². The van der Waals surface area contributed by atoms with Crippen LogP contribution in [0.4, 0.5) is 13.2 Å². The molecule has 0 aromatic heterocycles. The minimum Gasteiger partial charge on any atom is -0.170 e. The summed E-state index contributed by atoms with van der Waals surface area (Å²) in [5.41, 5.74) is 0.839. The number of allylic oxidation sites excluding steroid dienone is 4. The molecular weight excluding hydrogens is 165 g/mol. The number of hydrogen-bond acceptors (Lipinski definition) is 0. The second-order valence-electron chi connectivity index (χ2n) is 2.72. The molecule has 0 amide bonds. The standard InChI is InChI=1S/C9H13F3/c1-4-7(2)5-6-8(3)9(10,11)12/h4-6,8H,1-3H3. The molecule has 1 atom stereocenters. The van der Waals surface area contributed by atoms with Crippen LogP contribution in [0.2, 0.25) is 0 Å². The van der Waals surface area contributed by atoms with E-state index in [-0.39, 0.29) is 0 Å². The summed E-state index contributed by atoms with van der Waals surface area (Å²) in [6.45, 7) is 4.69. The van der Waals surface area contributed by atoms with Crippen LogP contribution in [0.5, 0.6) is 0 Å². The summed E-state index contributed by atoms with van der Waals surface area (Å²) in [5.74, 6) is -1.37. The van der Waals surface area contributed by atoms with Gasteiger partial charge in [0, 0.05) is 0 Å². The normalized spacial score (nSPS) is 17.0. The van der Waals surface area contributed by atoms with E-state index >= 15 is 0 Å². The van der Waals surface area contributed by atoms with Gasteiger partial charge in [-0.1, -0.05) is 30.7 Å². The van der Waals surface area contributed by atoms with Crippen LogP contribution in [0, 0.1) is 5.92 Å². The lowest BCUT2D eigenvalue weighted by Crippen LogP contribution is -2.17. The fraction of sp³-hybridized carbons (Fsp3) is 0.556. The van der Waals surface area contributed by atoms with Gasteiger partial charge >= 0.3 is 6.18 Å². The number of hydrogen-bond donors (Lipinski definition) is 0. The highest BCUT2D eigenvalue weighted by atomic mass is 19.4. The van der Waals surface area contributed by atoms with Crippen molar-refractivity contribution in [1.29, 1.82) is 0 Å². The number of alkyl halides is 3. The van der Waals surface area contributed by atoms with Crippen LogP contribution in [-0.2, 0) is 0 Å². The van der Waals surface area contributed by atoms with E-state index in [1.54, 1.807) is 19.9 Å². The van der Waals surface area contributed by atoms with E-state index in [1.807, 2.05) is 0 Å². The first-order valence-electron chi connectivity index (χ1n) is 3.75. The third-order valence-corrected chi connectivity index (χ3v) is 1.62. The zero-order chi connectivity index (χ0) is 9.78. The summed E-state index contributed by atoms with van der Waals surface area (Å²) < 4.78 is 35.8. The molecule has 0 bridgehead atoms. The predicted octanol–water partition coefficient (Wildman–Crippen LogP) is 3.71. The van der Waals surface area contributed by atoms with E-state index in [9.17, 15) is 13.2 Å². The van der Waals surface area contributed by atoms with Crippen molar-refractivity contribution < 1.29 is 13.2 Å². The highest BCUT2D eigenvalue weighted by Gasteiger charge is 2.33. The molecule has 0 aromatic carbocycles. The van der Waals surface area contributed by atoms with Crippen LogP contribution in [0.1, 0.15) is 20.8 Å². The fourth-order valence-corrected chi connectivity index (χ4v) is 0.501. The summed E-state index contributed by atoms with van der Waals surface area (Å²) in [6.07, 6.45) is 0.289. The van der Waals surface area contributed by atoms with E-state index in [4.69, 9.17) is 0 Å². The molecule has 0 aliphatic rings. The Labute approximate surface area is 70.8 Å². The zero-order valence-electron chi connectivity index (χ0n) is 7.44. The third kappa shape index (κ3) is 4.21. The van der Waals surface area contributed by atoms with E-state index in [0.717, 1.165) is 18.6 Å². The van der Waals surface area contributed by atoms with E-state index in [2.05, 4.69) is 0 Å². The van der Waals surface area contributed by atoms with E-state index in [1.165, 1.54) is 6.08 Å². The molecule has 12 heavy (non-hydrogen) atoms. The smallest absolute Gasteiger partial charge is 0.170 e. The molecule has 0 aliphatic carbocycles. The van der Waals surface area contributed by atoms with Crippen LogP contribution < -0.4 is 0 Å². The molecule has 0 heterocycles. The van der Waals surface area contributed by atoms with Crippen molar-refractivity contribution in [2.75, 3.05) is 0 Å². The van der Waals surface area contributed by atoms with Crippen LogP contribution in [0.3, 0.4) is 0 Å². The molecule has 0 saturated heterocycles. The van der Waals surface area contributed by atoms with Gasteiger partial charge in [0.1, 0.15) is 0 Å². The Bertz CT molecular complexity index is 186. The molecule has 0 saturated carbocycles. The summed E-state index contributed by atoms with van der Waals surface area (Å²) >= 11 is 0. The van der Waals surface area contributed by atoms with Gasteiger partial charge in [-0.15, -0.1) is 0 Å². The first kappa shape index (κ1) is 11.3. The Morgan fingerprint density at radius 1 is 1.33 bits per heavy atom. The first-order valence-corrected chi connectivity index (χ1v) is 3.75. The van der Waals surface area contributed by atoms with Gasteiger partial charge in [0.05, 0.1) is 5.92 Å². The third-order valence-electron chi connectivity index (χ3n) is 1.62. The first-order chi connectivity index (χ1) is 5.38. The highest BCUT2D eigenvalue weighted by Crippen LogP contribution is 2.26. The second kappa shape index (κ2) is 4.33. The molecule has 1 unspecified atom stereocenters. The SMILES string of the molecule is CC=C(C)C=CC(C)C(F)(F)F. The van der Waals surface area contributed by atoms with Gasteiger partial charge in [0.25, 0.3) is 0 Å². The lowest BCUT2D eigenvalue weighted by molar-refractivity contribution is -0.156. The molecule has 0 aromatic rings. The minimum absolute atomic E-state index is 0.839. The molecule has 3 heteroatoms. The van der Waals surface area contributed by atoms with Crippen LogP contribution >= 0.6 is 0 Å². The zero-order valence-corrected chi connectivity index (χ0v) is 7.44. The van der Waals surface area contributed by atoms with Crippen LogP contribution in [0.15, 0.2) is 23.8 Å². The van der Waals surface area contributed by atoms with Gasteiger partial charge in [-0.2, -0.15) is 13.2 Å². The molecule has 0 spiro atoms. The number of halogens is 3. The maximum Gasteiger partial charge on any atom is 0.394 e. The van der Waals surface area contributed by atoms with Crippen molar-refractivity contribution in [3.05, 3.63) is 23.8 Å². The molecule has 0 nitrogen and oxygen atoms in total. The maximum absolute atomic E-state index is 11.9. The van der Waals surface area contributed by atoms with Gasteiger partial charge in [-0.05, 0) is 13.8 Å². The van der Waals surface area contributed by atoms with Crippen molar-refractivity contribution in [2.24, 2.45) is 5.92 Å². The average Bonchev–Trinajstić information content (AvgIpc) is 1.97. The average molecular weight is 178 g/mol. The predicted molar refractivity (Wildman–Crippen MR) is 43.8 cm³/mol. The van der Waals surface area contributed by atoms with Gasteiger partial charge in [-0.25, -0.2) is 0 Å². The Hall–Kier alpha value is -0.730. The van der Waals surface area contributed by atoms with Crippen molar-refractivity contribution in [1.82, 2.24) is 0 Å². The lowest BCUT2D eigenvalue weighted by atomic mass is 10.1. The minimum atomic E-state index is -4.12. The van der Waals surface area contributed by atoms with Crippen LogP contribution in [-0.4, -0.2) is 6.18 Å². The monoisotopic (exact) mass is 178 g/mol. The van der Waals surface area contributed by atoms with Gasteiger partial charge < -0.3 is 0 Å². The van der Waals surface area contributed by atoms with Gasteiger partial charge in [-0.3, -0.25) is 0 Å². The van der Waals surface area contributed by atoms with Crippen molar-refractivity contribution >= 4 is 0 Å². The van der Waals surface area contributed by atoms with Crippen molar-refractivity contribution in [3.63, 3.8) is 0 Å². The molecular formula is C9H13F3. The van der Waals surface area contributed by atoms with Crippen molar-refractivity contribution in [3.8, 4) is 0 Å². The molecule has 0 N–H and O–H groups in total. The van der Waals surface area contributed by atoms with E-state index < -0.39 is 12.1 Å². The summed E-state index contributed by atoms with van der Waals surface area (Å²) in [6, 6.07) is 0. The van der Waals surface area contributed by atoms with Crippen molar-refractivity contribution in [2.45, 2.75) is 26.9 Å². The summed E-state index contributed by atoms with van der Waals surface area (Å²) in [4.78, 5) is 0. The van der Waals surface area contributed by atoms with E-state index in [0.29, 0.717) is 0 Å². The second-order valence-corrected chi connectivity index (χ2v) is 2.72. The Kier molecular flexibility index (Phi) is 4.07. The van der Waals surface area contributed by atoms with Gasteiger partial charge in [0.15, 0.2) is 0 Å². The Morgan fingerprint density at radius 3 is 2.17 bits per heavy atom. The summed E-state index contributed by atoms with van der Waals surface area (Å²) in [7, 11) is 0. The quantitative estimate of drug-likeness (QED) is 0.565. The molecule has 70 valence electrons. The molecule has 0 radical (unpaired) electrons. The fourth-order valence-electron chi connectivity index (χ4n) is 0.501. The number of rotatable bonds is 2. The molecule has 0 aliphatic heterocycles. The van der Waals surface area contributed by atoms with Crippen LogP contribution in [0.25, 0.3) is 0 Å². The van der Waals surface area contributed by atoms with Gasteiger partial charge in [0.2, 0.25) is 0 Å². The Balaban J connectivity index is 4.18. The lowest BCUT2D eigenvalue weighted by Gasteiger charge is -2.10. The Morgan fingerprint density at radius 2 is 1.83 bits per heavy atom. The molecule has 0 rings (SSSR count). The summed E-state index contributed by atoms with van der Waals surface area (Å²) in [5, 5.41) is 0. The molecule has 0 fully saturated rings. The maximum atomic E-state index is 11.9. The largest absolute Gasteiger partial charge is 0.394 e.